The van der Waals surface area contributed by atoms with E-state index in [2.05, 4.69) is 209 Å². The summed E-state index contributed by atoms with van der Waals surface area (Å²) >= 11 is 0. The molecule has 7 aromatic rings. The van der Waals surface area contributed by atoms with E-state index in [4.69, 9.17) is 0 Å². The van der Waals surface area contributed by atoms with Crippen molar-refractivity contribution in [2.24, 2.45) is 0 Å². The van der Waals surface area contributed by atoms with Crippen molar-refractivity contribution >= 4 is 80.0 Å². The lowest BCUT2D eigenvalue weighted by molar-refractivity contribution is 0.540. The zero-order valence-electron chi connectivity index (χ0n) is 28.1. The van der Waals surface area contributed by atoms with Gasteiger partial charge in [-0.25, -0.2) is 0 Å². The highest BCUT2D eigenvalue weighted by Crippen LogP contribution is 2.55. The molecule has 0 N–H and O–H groups in total. The van der Waals surface area contributed by atoms with Crippen LogP contribution in [0.15, 0.2) is 176 Å². The summed E-state index contributed by atoms with van der Waals surface area (Å²) in [5.74, 6) is 0. The first kappa shape index (κ1) is 28.8. The Morgan fingerprint density at radius 1 is 0.360 bits per heavy atom. The van der Waals surface area contributed by atoms with Crippen LogP contribution in [0.4, 0.5) is 56.9 Å². The molecule has 3 heterocycles. The SMILES string of the molecule is CC1(C)N(c2ccccc2)c2cc3c(cc2N1c1ccccc1)N(c1ccccc1)c1cccc2c1B3c1ccccc1N2c1ccccc1. The topological polar surface area (TPSA) is 13.0 Å². The molecule has 3 aliphatic heterocycles. The summed E-state index contributed by atoms with van der Waals surface area (Å²) in [6.45, 7) is 4.72. The minimum atomic E-state index is -0.390. The third kappa shape index (κ3) is 4.07. The molecule has 0 atom stereocenters. The number of nitrogens with zero attached hydrogens (tertiary/aromatic N) is 4. The molecule has 0 amide bonds. The van der Waals surface area contributed by atoms with E-state index in [1.807, 2.05) is 0 Å². The van der Waals surface area contributed by atoms with Crippen LogP contribution in [-0.2, 0) is 0 Å². The van der Waals surface area contributed by atoms with E-state index in [-0.39, 0.29) is 12.4 Å². The van der Waals surface area contributed by atoms with E-state index >= 15 is 0 Å². The van der Waals surface area contributed by atoms with E-state index in [1.54, 1.807) is 0 Å². The van der Waals surface area contributed by atoms with Gasteiger partial charge in [0.2, 0.25) is 0 Å². The normalized spacial score (nSPS) is 15.0. The molecule has 0 fully saturated rings. The van der Waals surface area contributed by atoms with Crippen molar-refractivity contribution in [1.82, 2.24) is 0 Å². The average Bonchev–Trinajstić information content (AvgIpc) is 3.40. The molecule has 5 heteroatoms. The van der Waals surface area contributed by atoms with Crippen LogP contribution in [0.3, 0.4) is 0 Å². The summed E-state index contributed by atoms with van der Waals surface area (Å²) < 4.78 is 0. The van der Waals surface area contributed by atoms with Crippen molar-refractivity contribution in [3.05, 3.63) is 176 Å². The highest BCUT2D eigenvalue weighted by atomic mass is 15.5. The van der Waals surface area contributed by atoms with Crippen molar-refractivity contribution in [2.45, 2.75) is 19.5 Å². The number of hydrogen-bond donors (Lipinski definition) is 0. The van der Waals surface area contributed by atoms with Gasteiger partial charge in [-0.1, -0.05) is 97.1 Å². The van der Waals surface area contributed by atoms with Gasteiger partial charge in [-0.05, 0) is 109 Å². The van der Waals surface area contributed by atoms with Crippen molar-refractivity contribution in [3.8, 4) is 0 Å². The third-order valence-corrected chi connectivity index (χ3v) is 10.6. The Morgan fingerprint density at radius 2 is 0.780 bits per heavy atom. The van der Waals surface area contributed by atoms with Gasteiger partial charge in [0, 0.05) is 45.5 Å². The van der Waals surface area contributed by atoms with Gasteiger partial charge in [-0.2, -0.15) is 0 Å². The first-order valence-electron chi connectivity index (χ1n) is 17.4. The second-order valence-corrected chi connectivity index (χ2v) is 13.8. The summed E-state index contributed by atoms with van der Waals surface area (Å²) in [5.41, 5.74) is 15.5. The van der Waals surface area contributed by atoms with Gasteiger partial charge >= 0.3 is 0 Å². The maximum atomic E-state index is 2.52. The molecule has 0 saturated heterocycles. The van der Waals surface area contributed by atoms with Crippen molar-refractivity contribution in [1.29, 1.82) is 0 Å². The second kappa shape index (κ2) is 10.9. The molecule has 4 nitrogen and oxygen atoms in total. The van der Waals surface area contributed by atoms with E-state index < -0.39 is 0 Å². The smallest absolute Gasteiger partial charge is 0.252 e. The van der Waals surface area contributed by atoms with Gasteiger partial charge in [0.15, 0.2) is 0 Å². The highest BCUT2D eigenvalue weighted by Gasteiger charge is 2.48. The second-order valence-electron chi connectivity index (χ2n) is 13.8. The molecule has 7 aromatic carbocycles. The first-order chi connectivity index (χ1) is 24.6. The lowest BCUT2D eigenvalue weighted by atomic mass is 9.33. The largest absolute Gasteiger partial charge is 0.316 e. The summed E-state index contributed by atoms with van der Waals surface area (Å²) in [5, 5.41) is 0. The fourth-order valence-electron chi connectivity index (χ4n) is 8.73. The van der Waals surface area contributed by atoms with Crippen molar-refractivity contribution in [2.75, 3.05) is 19.6 Å². The lowest BCUT2D eigenvalue weighted by Gasteiger charge is -2.44. The average molecular weight is 643 g/mol. The van der Waals surface area contributed by atoms with E-state index in [0.717, 1.165) is 11.4 Å². The quantitative estimate of drug-likeness (QED) is 0.177. The van der Waals surface area contributed by atoms with E-state index in [0.29, 0.717) is 0 Å². The molecule has 50 heavy (non-hydrogen) atoms. The number of para-hydroxylation sites is 5. The number of rotatable bonds is 4. The Hall–Kier alpha value is -6.20. The fraction of sp³-hybridized carbons (Fsp3) is 0.0667. The van der Waals surface area contributed by atoms with Crippen LogP contribution in [0.2, 0.25) is 0 Å². The zero-order valence-corrected chi connectivity index (χ0v) is 28.1. The number of fused-ring (bicyclic) bond motifs is 5. The fourth-order valence-corrected chi connectivity index (χ4v) is 8.73. The molecule has 3 aliphatic rings. The van der Waals surface area contributed by atoms with E-state index in [9.17, 15) is 0 Å². The van der Waals surface area contributed by atoms with Crippen LogP contribution < -0.4 is 36.0 Å². The minimum Gasteiger partial charge on any atom is -0.316 e. The first-order valence-corrected chi connectivity index (χ1v) is 17.4. The lowest BCUT2D eigenvalue weighted by Crippen LogP contribution is -2.61. The number of benzene rings is 7. The standard InChI is InChI=1S/C45H35BN4/c1-45(2)49(34-22-11-5-12-23-34)42-30-37-41(31-43(42)50(45)35-24-13-6-14-25-35)48(33-20-9-4-10-21-33)40-29-17-28-39-44(40)46(37)36-26-15-16-27-38(36)47(39)32-18-7-3-8-19-32/h3-31H,1-2H3. The van der Waals surface area contributed by atoms with Crippen LogP contribution in [0.5, 0.6) is 0 Å². The summed E-state index contributed by atoms with van der Waals surface area (Å²) in [4.78, 5) is 9.97. The molecule has 0 unspecified atom stereocenters. The monoisotopic (exact) mass is 642 g/mol. The van der Waals surface area contributed by atoms with Gasteiger partial charge in [0.1, 0.15) is 5.66 Å². The Morgan fingerprint density at radius 3 is 1.32 bits per heavy atom. The molecular formula is C45H35BN4. The minimum absolute atomic E-state index is 0.0455. The predicted octanol–water partition coefficient (Wildman–Crippen LogP) is 9.80. The Kier molecular flexibility index (Phi) is 6.28. The number of hydrogen-bond acceptors (Lipinski definition) is 4. The Labute approximate surface area is 294 Å². The van der Waals surface area contributed by atoms with Crippen LogP contribution >= 0.6 is 0 Å². The molecule has 0 bridgehead atoms. The van der Waals surface area contributed by atoms with Crippen LogP contribution in [-0.4, -0.2) is 12.4 Å². The summed E-state index contributed by atoms with van der Waals surface area (Å²) in [6.07, 6.45) is 0. The zero-order chi connectivity index (χ0) is 33.4. The molecule has 0 spiro atoms. The van der Waals surface area contributed by atoms with Gasteiger partial charge in [-0.3, -0.25) is 0 Å². The third-order valence-electron chi connectivity index (χ3n) is 10.6. The summed E-state index contributed by atoms with van der Waals surface area (Å²) in [6, 6.07) is 64.1. The highest BCUT2D eigenvalue weighted by molar-refractivity contribution is 7.00. The Balaban J connectivity index is 1.30. The summed E-state index contributed by atoms with van der Waals surface area (Å²) in [7, 11) is 0. The van der Waals surface area contributed by atoms with Gasteiger partial charge in [0.05, 0.1) is 11.4 Å². The molecule has 238 valence electrons. The molecule has 10 rings (SSSR count). The molecule has 0 radical (unpaired) electrons. The molecule has 0 aliphatic carbocycles. The van der Waals surface area contributed by atoms with Crippen LogP contribution in [0.1, 0.15) is 13.8 Å². The van der Waals surface area contributed by atoms with Gasteiger partial charge < -0.3 is 19.6 Å². The maximum absolute atomic E-state index is 2.52. The molecule has 0 saturated carbocycles. The van der Waals surface area contributed by atoms with Crippen molar-refractivity contribution < 1.29 is 0 Å². The van der Waals surface area contributed by atoms with Gasteiger partial charge in [0.25, 0.3) is 6.71 Å². The van der Waals surface area contributed by atoms with E-state index in [1.165, 1.54) is 61.9 Å². The van der Waals surface area contributed by atoms with Crippen LogP contribution in [0, 0.1) is 0 Å². The maximum Gasteiger partial charge on any atom is 0.252 e. The molecular weight excluding hydrogens is 607 g/mol. The van der Waals surface area contributed by atoms with Crippen LogP contribution in [0.25, 0.3) is 0 Å². The Bertz CT molecular complexity index is 2380. The number of anilines is 10. The molecule has 0 aromatic heterocycles. The predicted molar refractivity (Wildman–Crippen MR) is 212 cm³/mol. The van der Waals surface area contributed by atoms with Crippen molar-refractivity contribution in [3.63, 3.8) is 0 Å². The van der Waals surface area contributed by atoms with Gasteiger partial charge in [-0.15, -0.1) is 0 Å².